The summed E-state index contributed by atoms with van der Waals surface area (Å²) in [6, 6.07) is 5.69. The fourth-order valence-electron chi connectivity index (χ4n) is 6.56. The third kappa shape index (κ3) is 7.89. The molecule has 1 atom stereocenters. The van der Waals surface area contributed by atoms with Gasteiger partial charge >= 0.3 is 0 Å². The number of aromatic amines is 1. The van der Waals surface area contributed by atoms with Gasteiger partial charge < -0.3 is 20.5 Å². The molecule has 1 aromatic heterocycles. The number of amides is 1. The Hall–Kier alpha value is -2.81. The number of carbonyl (C=O) groups is 2. The fraction of sp³-hybridized carbons (Fsp3) is 0.613. The number of halogens is 1. The number of carbonyl (C=O) groups excluding carboxylic acids is 2. The van der Waals surface area contributed by atoms with Crippen molar-refractivity contribution in [3.05, 3.63) is 53.9 Å². The van der Waals surface area contributed by atoms with Gasteiger partial charge in [-0.15, -0.1) is 0 Å². The summed E-state index contributed by atoms with van der Waals surface area (Å²) in [5.41, 5.74) is 1.64. The Balaban J connectivity index is 1.40. The van der Waals surface area contributed by atoms with E-state index in [9.17, 15) is 14.0 Å². The lowest BCUT2D eigenvalue weighted by Crippen LogP contribution is -2.56. The van der Waals surface area contributed by atoms with Gasteiger partial charge in [-0.05, 0) is 80.8 Å². The van der Waals surface area contributed by atoms with Gasteiger partial charge in [0.1, 0.15) is 17.6 Å². The van der Waals surface area contributed by atoms with Crippen LogP contribution in [0.2, 0.25) is 0 Å². The number of Topliss-reactive ketones (excluding diaryl/α,β-unsaturated/α-hetero) is 1. The van der Waals surface area contributed by atoms with Gasteiger partial charge in [0.05, 0.1) is 6.33 Å². The molecule has 1 saturated carbocycles. The molecule has 2 aromatic rings. The quantitative estimate of drug-likeness (QED) is 0.243. The lowest BCUT2D eigenvalue weighted by atomic mass is 9.61. The van der Waals surface area contributed by atoms with Crippen molar-refractivity contribution < 1.29 is 14.0 Å². The Morgan fingerprint density at radius 3 is 2.55 bits per heavy atom. The standard InChI is InChI=1S/C31H44FN5O2S/c1-2-7-28(38)31(24-8-4-3-5-9-24)15-18-37(19-16-31)29(39)27(20-23-11-13-25(32)14-12-23)36-30(40)34-17-6-10-26-21-33-22-35-26/h11-14,21-22,24,27H,2-10,15-20H2,1H3,(H,33,35)(H2,34,36,40). The molecule has 2 aliphatic rings. The zero-order valence-electron chi connectivity index (χ0n) is 23.7. The van der Waals surface area contributed by atoms with Crippen LogP contribution in [0.5, 0.6) is 0 Å². The number of thiocarbonyl (C=S) groups is 1. The molecule has 1 aromatic carbocycles. The number of rotatable bonds is 12. The highest BCUT2D eigenvalue weighted by Gasteiger charge is 2.47. The lowest BCUT2D eigenvalue weighted by Gasteiger charge is -2.47. The zero-order valence-corrected chi connectivity index (χ0v) is 24.5. The van der Waals surface area contributed by atoms with Crippen LogP contribution in [-0.4, -0.2) is 57.3 Å². The predicted molar refractivity (Wildman–Crippen MR) is 159 cm³/mol. The van der Waals surface area contributed by atoms with Crippen LogP contribution in [0.1, 0.15) is 82.4 Å². The van der Waals surface area contributed by atoms with Crippen LogP contribution in [0.25, 0.3) is 0 Å². The van der Waals surface area contributed by atoms with E-state index < -0.39 is 6.04 Å². The van der Waals surface area contributed by atoms with E-state index in [1.807, 2.05) is 11.1 Å². The summed E-state index contributed by atoms with van der Waals surface area (Å²) in [6.07, 6.45) is 14.5. The average Bonchev–Trinajstić information content (AvgIpc) is 3.50. The summed E-state index contributed by atoms with van der Waals surface area (Å²) in [6.45, 7) is 3.90. The van der Waals surface area contributed by atoms with E-state index in [1.54, 1.807) is 18.5 Å². The summed E-state index contributed by atoms with van der Waals surface area (Å²) in [7, 11) is 0. The van der Waals surface area contributed by atoms with Crippen molar-refractivity contribution in [2.24, 2.45) is 11.3 Å². The monoisotopic (exact) mass is 569 g/mol. The first-order chi connectivity index (χ1) is 19.4. The number of imidazole rings is 1. The number of nitrogens with zero attached hydrogens (tertiary/aromatic N) is 2. The molecule has 1 unspecified atom stereocenters. The van der Waals surface area contributed by atoms with Gasteiger partial charge in [-0.2, -0.15) is 0 Å². The van der Waals surface area contributed by atoms with Crippen LogP contribution in [0.15, 0.2) is 36.8 Å². The van der Waals surface area contributed by atoms with Crippen molar-refractivity contribution in [1.82, 2.24) is 25.5 Å². The highest BCUT2D eigenvalue weighted by molar-refractivity contribution is 7.80. The van der Waals surface area contributed by atoms with Crippen LogP contribution in [0, 0.1) is 17.2 Å². The molecule has 0 bridgehead atoms. The van der Waals surface area contributed by atoms with Gasteiger partial charge in [0.25, 0.3) is 0 Å². The topological polar surface area (TPSA) is 90.1 Å². The molecule has 0 spiro atoms. The molecule has 1 amide bonds. The van der Waals surface area contributed by atoms with Gasteiger partial charge in [0.2, 0.25) is 5.91 Å². The van der Waals surface area contributed by atoms with Crippen molar-refractivity contribution in [1.29, 1.82) is 0 Å². The largest absolute Gasteiger partial charge is 0.363 e. The molecule has 218 valence electrons. The highest BCUT2D eigenvalue weighted by atomic mass is 32.1. The third-order valence-electron chi connectivity index (χ3n) is 8.81. The molecule has 3 N–H and O–H groups in total. The molecule has 7 nitrogen and oxygen atoms in total. The maximum atomic E-state index is 13.9. The first kappa shape index (κ1) is 30.2. The number of aromatic nitrogens is 2. The SMILES string of the molecule is CCCC(=O)C1(C2CCCCC2)CCN(C(=O)C(Cc2ccc(F)cc2)NC(=S)NCCCc2cnc[nH]2)CC1. The Bertz CT molecular complexity index is 1090. The summed E-state index contributed by atoms with van der Waals surface area (Å²) in [5.74, 6) is 0.506. The molecule has 40 heavy (non-hydrogen) atoms. The van der Waals surface area contributed by atoms with Gasteiger partial charge in [-0.3, -0.25) is 9.59 Å². The Morgan fingerprint density at radius 2 is 1.90 bits per heavy atom. The first-order valence-electron chi connectivity index (χ1n) is 15.0. The van der Waals surface area contributed by atoms with Crippen molar-refractivity contribution in [3.8, 4) is 0 Å². The number of aryl methyl sites for hydroxylation is 1. The van der Waals surface area contributed by atoms with Crippen LogP contribution in [0.3, 0.4) is 0 Å². The molecular formula is C31H44FN5O2S. The van der Waals surface area contributed by atoms with E-state index in [2.05, 4.69) is 27.5 Å². The first-order valence-corrected chi connectivity index (χ1v) is 15.4. The number of piperidine rings is 1. The number of H-pyrrole nitrogens is 1. The molecule has 4 rings (SSSR count). The summed E-state index contributed by atoms with van der Waals surface area (Å²) >= 11 is 5.57. The Kier molecular flexibility index (Phi) is 11.1. The number of likely N-dealkylation sites (tertiary alicyclic amines) is 1. The minimum absolute atomic E-state index is 0.0221. The van der Waals surface area contributed by atoms with Crippen molar-refractivity contribution in [3.63, 3.8) is 0 Å². The molecule has 1 saturated heterocycles. The summed E-state index contributed by atoms with van der Waals surface area (Å²) < 4.78 is 13.5. The van der Waals surface area contributed by atoms with Crippen LogP contribution in [0.4, 0.5) is 4.39 Å². The molecule has 2 fully saturated rings. The number of hydrogen-bond acceptors (Lipinski definition) is 4. The summed E-state index contributed by atoms with van der Waals surface area (Å²) in [5, 5.41) is 6.90. The maximum absolute atomic E-state index is 13.9. The molecule has 1 aliphatic carbocycles. The second-order valence-corrected chi connectivity index (χ2v) is 11.9. The van der Waals surface area contributed by atoms with E-state index in [0.717, 1.165) is 56.2 Å². The van der Waals surface area contributed by atoms with E-state index in [4.69, 9.17) is 12.2 Å². The second kappa shape index (κ2) is 14.7. The number of nitrogens with one attached hydrogen (secondary N) is 3. The molecular weight excluding hydrogens is 525 g/mol. The maximum Gasteiger partial charge on any atom is 0.245 e. The van der Waals surface area contributed by atoms with Crippen LogP contribution >= 0.6 is 12.2 Å². The minimum atomic E-state index is -0.577. The van der Waals surface area contributed by atoms with Crippen LogP contribution in [-0.2, 0) is 22.4 Å². The van der Waals surface area contributed by atoms with Crippen LogP contribution < -0.4 is 10.6 Å². The molecule has 1 aliphatic heterocycles. The number of ketones is 1. The van der Waals surface area contributed by atoms with Gasteiger partial charge in [-0.1, -0.05) is 38.3 Å². The predicted octanol–water partition coefficient (Wildman–Crippen LogP) is 5.12. The van der Waals surface area contributed by atoms with Gasteiger partial charge in [0, 0.05) is 49.8 Å². The van der Waals surface area contributed by atoms with Gasteiger partial charge in [-0.25, -0.2) is 9.37 Å². The fourth-order valence-corrected chi connectivity index (χ4v) is 6.80. The number of hydrogen-bond donors (Lipinski definition) is 3. The number of benzene rings is 1. The summed E-state index contributed by atoms with van der Waals surface area (Å²) in [4.78, 5) is 36.4. The van der Waals surface area contributed by atoms with Crippen molar-refractivity contribution in [2.75, 3.05) is 19.6 Å². The van der Waals surface area contributed by atoms with E-state index >= 15 is 0 Å². The molecule has 2 heterocycles. The normalized spacial score (nSPS) is 18.2. The average molecular weight is 570 g/mol. The minimum Gasteiger partial charge on any atom is -0.363 e. The van der Waals surface area contributed by atoms with E-state index in [-0.39, 0.29) is 17.1 Å². The zero-order chi connectivity index (χ0) is 28.4. The highest BCUT2D eigenvalue weighted by Crippen LogP contribution is 2.47. The van der Waals surface area contributed by atoms with Crippen molar-refractivity contribution in [2.45, 2.75) is 90.0 Å². The van der Waals surface area contributed by atoms with Gasteiger partial charge in [0.15, 0.2) is 5.11 Å². The van der Waals surface area contributed by atoms with E-state index in [1.165, 1.54) is 31.4 Å². The van der Waals surface area contributed by atoms with E-state index in [0.29, 0.717) is 49.3 Å². The smallest absolute Gasteiger partial charge is 0.245 e. The Morgan fingerprint density at radius 1 is 1.18 bits per heavy atom. The third-order valence-corrected chi connectivity index (χ3v) is 9.07. The Labute approximate surface area is 243 Å². The van der Waals surface area contributed by atoms with Crippen molar-refractivity contribution >= 4 is 29.0 Å². The second-order valence-electron chi connectivity index (χ2n) is 11.5. The molecule has 0 radical (unpaired) electrons. The lowest BCUT2D eigenvalue weighted by molar-refractivity contribution is -0.144. The molecule has 9 heteroatoms.